The molecule has 2 aliphatic rings. The van der Waals surface area contributed by atoms with Gasteiger partial charge in [0.25, 0.3) is 0 Å². The van der Waals surface area contributed by atoms with Gasteiger partial charge in [0.15, 0.2) is 0 Å². The molecule has 13 nitrogen and oxygen atoms in total. The Morgan fingerprint density at radius 1 is 1.04 bits per heavy atom. The van der Waals surface area contributed by atoms with E-state index in [2.05, 4.69) is 28.9 Å². The minimum absolute atomic E-state index is 0.0605. The number of ether oxygens (including phenoxy) is 4. The Labute approximate surface area is 325 Å². The molecule has 2 aliphatic heterocycles. The van der Waals surface area contributed by atoms with Crippen LogP contribution in [0.3, 0.4) is 0 Å². The number of esters is 1. The first-order valence-corrected chi connectivity index (χ1v) is 19.1. The Kier molecular flexibility index (Phi) is 13.2. The maximum absolute atomic E-state index is 14.3. The van der Waals surface area contributed by atoms with E-state index in [1.54, 1.807) is 40.7 Å². The van der Waals surface area contributed by atoms with Crippen molar-refractivity contribution in [3.8, 4) is 17.2 Å². The standard InChI is InChI=1S/C22H28N2O5.C15H15ClFN3O3S2/c1-21(2)14-22(3,26-5)29-19-13-17(11-12-18(19)21)28-16-9-7-15(8-10-16)23-20(25)24(4)27-6;1-23-13(21)8-24-12-7-11(10(17)6-9(12)16)18-14-19-4-2-3-5-20(19)15(22)25-14/h7-13H,14H2,1-6H3,(H,23,25);6-7H,2-5,8H2,1H3. The third-order valence-electron chi connectivity index (χ3n) is 8.79. The number of halogens is 2. The first-order chi connectivity index (χ1) is 25.6. The molecule has 1 N–H and O–H groups in total. The maximum Gasteiger partial charge on any atom is 0.345 e. The molecule has 54 heavy (non-hydrogen) atoms. The van der Waals surface area contributed by atoms with Crippen LogP contribution < -0.4 is 24.5 Å². The second kappa shape index (κ2) is 17.4. The number of fused-ring (bicyclic) bond motifs is 2. The predicted molar refractivity (Wildman–Crippen MR) is 206 cm³/mol. The number of carbonyl (C=O) groups excluding carboxylic acids is 2. The van der Waals surface area contributed by atoms with Gasteiger partial charge in [-0.1, -0.05) is 31.5 Å². The average molecular weight is 804 g/mol. The highest BCUT2D eigenvalue weighted by Crippen LogP contribution is 2.46. The second-order valence-electron chi connectivity index (χ2n) is 13.2. The maximum atomic E-state index is 14.3. The van der Waals surface area contributed by atoms with Crippen molar-refractivity contribution in [3.05, 3.63) is 85.5 Å². The number of methoxy groups -OCH3 is 2. The minimum Gasteiger partial charge on any atom is -0.468 e. The number of carbonyl (C=O) groups is 2. The van der Waals surface area contributed by atoms with Crippen molar-refractivity contribution < 1.29 is 37.8 Å². The number of aromatic nitrogens is 2. The Hall–Kier alpha value is -4.35. The Morgan fingerprint density at radius 3 is 2.39 bits per heavy atom. The Bertz CT molecular complexity index is 2120. The zero-order valence-corrected chi connectivity index (χ0v) is 33.5. The lowest BCUT2D eigenvalue weighted by Crippen LogP contribution is -2.45. The zero-order valence-electron chi connectivity index (χ0n) is 31.1. The van der Waals surface area contributed by atoms with E-state index in [0.29, 0.717) is 40.0 Å². The van der Waals surface area contributed by atoms with Gasteiger partial charge in [0.05, 0.1) is 25.0 Å². The van der Waals surface area contributed by atoms with Crippen LogP contribution in [0.1, 0.15) is 45.6 Å². The summed E-state index contributed by atoms with van der Waals surface area (Å²) in [7, 11) is 5.91. The van der Waals surface area contributed by atoms with Crippen molar-refractivity contribution in [1.82, 2.24) is 14.4 Å². The van der Waals surface area contributed by atoms with E-state index in [1.165, 1.54) is 27.3 Å². The summed E-state index contributed by atoms with van der Waals surface area (Å²) in [4.78, 5) is 45.2. The fraction of sp³-hybridized carbons (Fsp3) is 0.405. The smallest absolute Gasteiger partial charge is 0.345 e. The molecule has 2 amide bonds. The summed E-state index contributed by atoms with van der Waals surface area (Å²) < 4.78 is 39.9. The lowest BCUT2D eigenvalue weighted by molar-refractivity contribution is -0.172. The number of thioether (sulfide) groups is 1. The molecule has 0 bridgehead atoms. The van der Waals surface area contributed by atoms with Gasteiger partial charge in [0, 0.05) is 62.8 Å². The largest absolute Gasteiger partial charge is 0.468 e. The molecule has 6 rings (SSSR count). The lowest BCUT2D eigenvalue weighted by Gasteiger charge is -2.43. The SMILES string of the molecule is COC(=O)CSc1cc(N=c2sc(=O)n3n2CCCC3)c(F)cc1Cl.CON(C)C(=O)Nc1ccc(Oc2ccc3c(c2)OC(C)(OC)CC3(C)C)cc1. The van der Waals surface area contributed by atoms with E-state index in [9.17, 15) is 18.8 Å². The molecule has 4 aromatic rings. The molecular formula is C37H43ClFN5O8S2. The Balaban J connectivity index is 0.000000210. The van der Waals surface area contributed by atoms with Crippen LogP contribution in [0.5, 0.6) is 17.2 Å². The number of nitrogens with zero attached hydrogens (tertiary/aromatic N) is 4. The number of hydrogen-bond donors (Lipinski definition) is 1. The number of nitrogens with one attached hydrogen (secondary N) is 1. The molecule has 1 aromatic heterocycles. The molecule has 0 spiro atoms. The van der Waals surface area contributed by atoms with Crippen LogP contribution in [0.2, 0.25) is 5.02 Å². The van der Waals surface area contributed by atoms with Crippen LogP contribution in [0.15, 0.2) is 69.3 Å². The molecule has 0 aliphatic carbocycles. The van der Waals surface area contributed by atoms with Crippen molar-refractivity contribution in [2.75, 3.05) is 39.4 Å². The van der Waals surface area contributed by atoms with E-state index < -0.39 is 17.6 Å². The van der Waals surface area contributed by atoms with E-state index in [1.807, 2.05) is 25.1 Å². The summed E-state index contributed by atoms with van der Waals surface area (Å²) in [6.07, 6.45) is 2.65. The molecule has 0 radical (unpaired) electrons. The van der Waals surface area contributed by atoms with Gasteiger partial charge in [-0.25, -0.2) is 23.9 Å². The number of urea groups is 1. The molecule has 0 saturated heterocycles. The van der Waals surface area contributed by atoms with Crippen LogP contribution in [0.4, 0.5) is 20.6 Å². The number of hydroxylamine groups is 2. The van der Waals surface area contributed by atoms with Gasteiger partial charge >= 0.3 is 16.9 Å². The van der Waals surface area contributed by atoms with Gasteiger partial charge in [-0.15, -0.1) is 11.8 Å². The van der Waals surface area contributed by atoms with E-state index >= 15 is 0 Å². The molecule has 290 valence electrons. The van der Waals surface area contributed by atoms with Crippen LogP contribution in [-0.4, -0.2) is 66.3 Å². The normalized spacial score (nSPS) is 17.2. The number of anilines is 1. The summed E-state index contributed by atoms with van der Waals surface area (Å²) in [6.45, 7) is 7.63. The predicted octanol–water partition coefficient (Wildman–Crippen LogP) is 7.72. The molecule has 1 atom stereocenters. The third-order valence-corrected chi connectivity index (χ3v) is 11.1. The summed E-state index contributed by atoms with van der Waals surface area (Å²) in [5, 5.41) is 4.02. The highest BCUT2D eigenvalue weighted by molar-refractivity contribution is 8.00. The number of rotatable bonds is 9. The van der Waals surface area contributed by atoms with Crippen LogP contribution in [0.25, 0.3) is 0 Å². The van der Waals surface area contributed by atoms with E-state index in [-0.39, 0.29) is 32.8 Å². The van der Waals surface area contributed by atoms with Crippen LogP contribution in [-0.2, 0) is 37.6 Å². The molecule has 3 heterocycles. The van der Waals surface area contributed by atoms with Gasteiger partial charge in [-0.3, -0.25) is 19.1 Å². The first kappa shape index (κ1) is 40.8. The minimum atomic E-state index is -0.676. The summed E-state index contributed by atoms with van der Waals surface area (Å²) >= 11 is 8.17. The molecule has 1 unspecified atom stereocenters. The average Bonchev–Trinajstić information content (AvgIpc) is 3.46. The Morgan fingerprint density at radius 2 is 1.72 bits per heavy atom. The highest BCUT2D eigenvalue weighted by atomic mass is 35.5. The van der Waals surface area contributed by atoms with Gasteiger partial charge in [0.2, 0.25) is 10.6 Å². The molecule has 3 aromatic carbocycles. The summed E-state index contributed by atoms with van der Waals surface area (Å²) in [6, 6.07) is 15.2. The quantitative estimate of drug-likeness (QED) is 0.103. The fourth-order valence-electron chi connectivity index (χ4n) is 5.95. The summed E-state index contributed by atoms with van der Waals surface area (Å²) in [5.74, 6) is 0.468. The van der Waals surface area contributed by atoms with Crippen molar-refractivity contribution in [1.29, 1.82) is 0 Å². The second-order valence-corrected chi connectivity index (χ2v) is 15.6. The number of benzene rings is 3. The first-order valence-electron chi connectivity index (χ1n) is 16.9. The van der Waals surface area contributed by atoms with Gasteiger partial charge in [0.1, 0.15) is 28.8 Å². The summed E-state index contributed by atoms with van der Waals surface area (Å²) in [5.41, 5.74) is 1.77. The number of hydrogen-bond acceptors (Lipinski definition) is 11. The van der Waals surface area contributed by atoms with Crippen molar-refractivity contribution in [2.24, 2.45) is 4.99 Å². The van der Waals surface area contributed by atoms with Crippen molar-refractivity contribution >= 4 is 58.1 Å². The van der Waals surface area contributed by atoms with Crippen molar-refractivity contribution in [3.63, 3.8) is 0 Å². The number of amides is 2. The van der Waals surface area contributed by atoms with Gasteiger partial charge < -0.3 is 24.3 Å². The molecule has 17 heteroatoms. The van der Waals surface area contributed by atoms with Gasteiger partial charge in [-0.2, -0.15) is 0 Å². The zero-order chi connectivity index (χ0) is 39.2. The fourth-order valence-corrected chi connectivity index (χ4v) is 7.94. The van der Waals surface area contributed by atoms with Gasteiger partial charge in [-0.05, 0) is 72.1 Å². The van der Waals surface area contributed by atoms with Crippen LogP contribution >= 0.6 is 34.7 Å². The topological polar surface area (TPSA) is 135 Å². The lowest BCUT2D eigenvalue weighted by atomic mass is 9.76. The molecule has 0 fully saturated rings. The highest BCUT2D eigenvalue weighted by Gasteiger charge is 2.42. The van der Waals surface area contributed by atoms with Crippen molar-refractivity contribution in [2.45, 2.75) is 69.2 Å². The molecular weight excluding hydrogens is 761 g/mol. The van der Waals surface area contributed by atoms with E-state index in [4.69, 9.17) is 30.6 Å². The third kappa shape index (κ3) is 9.84. The van der Waals surface area contributed by atoms with Crippen LogP contribution in [0, 0.1) is 5.82 Å². The van der Waals surface area contributed by atoms with E-state index in [0.717, 1.165) is 64.8 Å². The molecule has 0 saturated carbocycles. The monoisotopic (exact) mass is 803 g/mol.